The Bertz CT molecular complexity index is 225. The van der Waals surface area contributed by atoms with Crippen LogP contribution in [0.25, 0.3) is 0 Å². The summed E-state index contributed by atoms with van der Waals surface area (Å²) in [5, 5.41) is 3.76. The molecule has 2 atom stereocenters. The zero-order valence-corrected chi connectivity index (χ0v) is 12.2. The van der Waals surface area contributed by atoms with Gasteiger partial charge in [-0.25, -0.2) is 0 Å². The summed E-state index contributed by atoms with van der Waals surface area (Å²) in [7, 11) is 0. The van der Waals surface area contributed by atoms with Crippen LogP contribution in [0.15, 0.2) is 0 Å². The molecule has 2 rings (SSSR count). The first-order valence-electron chi connectivity index (χ1n) is 7.90. The van der Waals surface area contributed by atoms with Gasteiger partial charge < -0.3 is 10.1 Å². The standard InChI is InChI=1S/C15H30N2O/c1-3-8-16-15(13-7-10-18-12-13)11-17(9-4-2)14-5-6-14/h13-16H,3-12H2,1-2H3. The Morgan fingerprint density at radius 1 is 1.22 bits per heavy atom. The summed E-state index contributed by atoms with van der Waals surface area (Å²) in [5.74, 6) is 0.731. The Balaban J connectivity index is 1.85. The van der Waals surface area contributed by atoms with Crippen molar-refractivity contribution in [2.75, 3.05) is 32.8 Å². The second-order valence-electron chi connectivity index (χ2n) is 5.91. The molecule has 2 unspecified atom stereocenters. The molecular weight excluding hydrogens is 224 g/mol. The van der Waals surface area contributed by atoms with Crippen LogP contribution in [-0.2, 0) is 4.74 Å². The van der Waals surface area contributed by atoms with Gasteiger partial charge in [-0.1, -0.05) is 13.8 Å². The summed E-state index contributed by atoms with van der Waals surface area (Å²) >= 11 is 0. The maximum atomic E-state index is 5.58. The minimum atomic E-state index is 0.639. The molecule has 3 nitrogen and oxygen atoms in total. The van der Waals surface area contributed by atoms with Gasteiger partial charge >= 0.3 is 0 Å². The molecule has 0 aromatic carbocycles. The maximum Gasteiger partial charge on any atom is 0.0510 e. The van der Waals surface area contributed by atoms with Crippen molar-refractivity contribution >= 4 is 0 Å². The van der Waals surface area contributed by atoms with Crippen molar-refractivity contribution in [1.29, 1.82) is 0 Å². The topological polar surface area (TPSA) is 24.5 Å². The first-order valence-corrected chi connectivity index (χ1v) is 7.90. The molecule has 18 heavy (non-hydrogen) atoms. The van der Waals surface area contributed by atoms with Gasteiger partial charge in [-0.3, -0.25) is 4.90 Å². The summed E-state index contributed by atoms with van der Waals surface area (Å²) in [6, 6.07) is 1.53. The van der Waals surface area contributed by atoms with E-state index in [9.17, 15) is 0 Å². The molecule has 0 aromatic heterocycles. The first-order chi connectivity index (χ1) is 8.85. The molecule has 2 aliphatic rings. The molecule has 1 aliphatic heterocycles. The van der Waals surface area contributed by atoms with Crippen LogP contribution < -0.4 is 5.32 Å². The fourth-order valence-electron chi connectivity index (χ4n) is 2.98. The normalized spacial score (nSPS) is 25.8. The average molecular weight is 254 g/mol. The van der Waals surface area contributed by atoms with Crippen molar-refractivity contribution in [2.24, 2.45) is 5.92 Å². The molecule has 1 N–H and O–H groups in total. The van der Waals surface area contributed by atoms with Gasteiger partial charge in [0.2, 0.25) is 0 Å². The van der Waals surface area contributed by atoms with Gasteiger partial charge in [0, 0.05) is 31.2 Å². The first kappa shape index (κ1) is 14.3. The van der Waals surface area contributed by atoms with E-state index in [1.54, 1.807) is 0 Å². The molecule has 0 bridgehead atoms. The van der Waals surface area contributed by atoms with Gasteiger partial charge in [0.1, 0.15) is 0 Å². The number of nitrogens with one attached hydrogen (secondary N) is 1. The predicted molar refractivity (Wildman–Crippen MR) is 75.9 cm³/mol. The van der Waals surface area contributed by atoms with E-state index in [-0.39, 0.29) is 0 Å². The zero-order chi connectivity index (χ0) is 12.8. The molecule has 1 saturated heterocycles. The SMILES string of the molecule is CCCNC(CN(CCC)C1CC1)C1CCOC1. The van der Waals surface area contributed by atoms with Crippen molar-refractivity contribution in [1.82, 2.24) is 10.2 Å². The highest BCUT2D eigenvalue weighted by Gasteiger charge is 2.33. The van der Waals surface area contributed by atoms with Gasteiger partial charge in [-0.05, 0) is 45.2 Å². The van der Waals surface area contributed by atoms with Crippen molar-refractivity contribution in [3.63, 3.8) is 0 Å². The number of hydrogen-bond acceptors (Lipinski definition) is 3. The molecular formula is C15H30N2O. The number of hydrogen-bond donors (Lipinski definition) is 1. The highest BCUT2D eigenvalue weighted by molar-refractivity contribution is 4.89. The quantitative estimate of drug-likeness (QED) is 0.683. The molecule has 0 radical (unpaired) electrons. The number of rotatable bonds is 9. The minimum absolute atomic E-state index is 0.639. The van der Waals surface area contributed by atoms with E-state index in [0.717, 1.165) is 31.7 Å². The monoisotopic (exact) mass is 254 g/mol. The molecule has 1 heterocycles. The van der Waals surface area contributed by atoms with Crippen LogP contribution in [0.1, 0.15) is 46.0 Å². The van der Waals surface area contributed by atoms with Gasteiger partial charge in [0.15, 0.2) is 0 Å². The van der Waals surface area contributed by atoms with Crippen LogP contribution >= 0.6 is 0 Å². The second kappa shape index (κ2) is 7.46. The average Bonchev–Trinajstić information content (AvgIpc) is 3.08. The Hall–Kier alpha value is -0.120. The molecule has 0 aromatic rings. The lowest BCUT2D eigenvalue weighted by atomic mass is 9.98. The van der Waals surface area contributed by atoms with Gasteiger partial charge in [0.25, 0.3) is 0 Å². The van der Waals surface area contributed by atoms with E-state index in [0.29, 0.717) is 6.04 Å². The summed E-state index contributed by atoms with van der Waals surface area (Å²) in [4.78, 5) is 2.71. The molecule has 2 fully saturated rings. The van der Waals surface area contributed by atoms with Crippen LogP contribution in [0.5, 0.6) is 0 Å². The van der Waals surface area contributed by atoms with Crippen LogP contribution in [0.2, 0.25) is 0 Å². The third-order valence-electron chi connectivity index (χ3n) is 4.20. The zero-order valence-electron chi connectivity index (χ0n) is 12.2. The summed E-state index contributed by atoms with van der Waals surface area (Å²) in [5.41, 5.74) is 0. The van der Waals surface area contributed by atoms with Crippen LogP contribution in [0, 0.1) is 5.92 Å². The lowest BCUT2D eigenvalue weighted by molar-refractivity contribution is 0.158. The number of nitrogens with zero attached hydrogens (tertiary/aromatic N) is 1. The number of ether oxygens (including phenoxy) is 1. The molecule has 0 spiro atoms. The van der Waals surface area contributed by atoms with Crippen molar-refractivity contribution in [3.05, 3.63) is 0 Å². The van der Waals surface area contributed by atoms with E-state index in [2.05, 4.69) is 24.1 Å². The van der Waals surface area contributed by atoms with Crippen LogP contribution in [0.4, 0.5) is 0 Å². The molecule has 1 aliphatic carbocycles. The largest absolute Gasteiger partial charge is 0.381 e. The predicted octanol–water partition coefficient (Wildman–Crippen LogP) is 2.27. The van der Waals surface area contributed by atoms with Gasteiger partial charge in [-0.15, -0.1) is 0 Å². The van der Waals surface area contributed by atoms with E-state index in [1.165, 1.54) is 45.2 Å². The highest BCUT2D eigenvalue weighted by Crippen LogP contribution is 2.28. The minimum Gasteiger partial charge on any atom is -0.381 e. The van der Waals surface area contributed by atoms with E-state index < -0.39 is 0 Å². The van der Waals surface area contributed by atoms with E-state index >= 15 is 0 Å². The second-order valence-corrected chi connectivity index (χ2v) is 5.91. The highest BCUT2D eigenvalue weighted by atomic mass is 16.5. The summed E-state index contributed by atoms with van der Waals surface area (Å²) in [6.07, 6.45) is 6.58. The third kappa shape index (κ3) is 4.22. The van der Waals surface area contributed by atoms with Gasteiger partial charge in [-0.2, -0.15) is 0 Å². The van der Waals surface area contributed by atoms with Crippen molar-refractivity contribution < 1.29 is 4.74 Å². The Morgan fingerprint density at radius 2 is 2.06 bits per heavy atom. The Morgan fingerprint density at radius 3 is 2.61 bits per heavy atom. The molecule has 3 heteroatoms. The molecule has 106 valence electrons. The van der Waals surface area contributed by atoms with E-state index in [4.69, 9.17) is 4.74 Å². The van der Waals surface area contributed by atoms with Crippen molar-refractivity contribution in [2.45, 2.75) is 58.0 Å². The molecule has 1 saturated carbocycles. The maximum absolute atomic E-state index is 5.58. The van der Waals surface area contributed by atoms with Gasteiger partial charge in [0.05, 0.1) is 6.61 Å². The Kier molecular flexibility index (Phi) is 5.93. The third-order valence-corrected chi connectivity index (χ3v) is 4.20. The molecule has 0 amide bonds. The van der Waals surface area contributed by atoms with Crippen LogP contribution in [0.3, 0.4) is 0 Å². The van der Waals surface area contributed by atoms with Crippen molar-refractivity contribution in [3.8, 4) is 0 Å². The van der Waals surface area contributed by atoms with Crippen LogP contribution in [-0.4, -0.2) is 49.8 Å². The lowest BCUT2D eigenvalue weighted by Crippen LogP contribution is -2.47. The van der Waals surface area contributed by atoms with E-state index in [1.807, 2.05) is 0 Å². The fraction of sp³-hybridized carbons (Fsp3) is 1.00. The Labute approximate surface area is 112 Å². The fourth-order valence-corrected chi connectivity index (χ4v) is 2.98. The smallest absolute Gasteiger partial charge is 0.0510 e. The lowest BCUT2D eigenvalue weighted by Gasteiger charge is -2.31. The summed E-state index contributed by atoms with van der Waals surface area (Å²) < 4.78 is 5.58. The summed E-state index contributed by atoms with van der Waals surface area (Å²) in [6.45, 7) is 10.1.